The minimum absolute atomic E-state index is 0.132. The third kappa shape index (κ3) is 6.31. The fraction of sp³-hybridized carbons (Fsp3) is 0.316. The molecule has 0 unspecified atom stereocenters. The van der Waals surface area contributed by atoms with Crippen LogP contribution in [0, 0.1) is 19.8 Å². The molecule has 0 radical (unpaired) electrons. The van der Waals surface area contributed by atoms with Crippen molar-refractivity contribution in [3.8, 4) is 21.7 Å². The van der Waals surface area contributed by atoms with Crippen LogP contribution in [-0.2, 0) is 29.2 Å². The van der Waals surface area contributed by atoms with Crippen molar-refractivity contribution in [1.29, 1.82) is 0 Å². The van der Waals surface area contributed by atoms with Crippen LogP contribution in [0.4, 0.5) is 11.5 Å². The Bertz CT molecular complexity index is 2020. The number of nitrogens with one attached hydrogen (secondary N) is 1. The Morgan fingerprint density at radius 2 is 1.77 bits per heavy atom. The van der Waals surface area contributed by atoms with E-state index < -0.39 is 5.97 Å². The summed E-state index contributed by atoms with van der Waals surface area (Å²) < 4.78 is 0. The first-order chi connectivity index (χ1) is 23.1. The first-order valence-corrected chi connectivity index (χ1v) is 17.2. The number of pyridine rings is 1. The second kappa shape index (κ2) is 13.1. The first-order valence-electron chi connectivity index (χ1n) is 16.4. The number of anilines is 2. The summed E-state index contributed by atoms with van der Waals surface area (Å²) in [6.07, 6.45) is 2.54. The summed E-state index contributed by atoms with van der Waals surface area (Å²) in [6, 6.07) is 21.2. The van der Waals surface area contributed by atoms with Crippen molar-refractivity contribution >= 4 is 45.5 Å². The molecular formula is C38H40N6O3S. The highest BCUT2D eigenvalue weighted by atomic mass is 32.1. The number of fused-ring (bicyclic) bond motifs is 2. The number of hydrogen-bond acceptors (Lipinski definition) is 8. The van der Waals surface area contributed by atoms with Crippen LogP contribution in [0.5, 0.6) is 0 Å². The Labute approximate surface area is 284 Å². The van der Waals surface area contributed by atoms with Gasteiger partial charge in [0, 0.05) is 40.8 Å². The summed E-state index contributed by atoms with van der Waals surface area (Å²) >= 11 is 1.69. The van der Waals surface area contributed by atoms with E-state index in [2.05, 4.69) is 78.7 Å². The number of carboxylic acids is 1. The summed E-state index contributed by atoms with van der Waals surface area (Å²) in [5.74, 6) is -0.0502. The maximum atomic E-state index is 12.6. The summed E-state index contributed by atoms with van der Waals surface area (Å²) in [7, 11) is 3.83. The van der Waals surface area contributed by atoms with E-state index in [0.717, 1.165) is 68.3 Å². The number of aromatic nitrogens is 2. The predicted molar refractivity (Wildman–Crippen MR) is 191 cm³/mol. The molecule has 10 heteroatoms. The van der Waals surface area contributed by atoms with E-state index >= 15 is 0 Å². The Balaban J connectivity index is 1.11. The first kappa shape index (κ1) is 31.9. The highest BCUT2D eigenvalue weighted by Crippen LogP contribution is 2.40. The zero-order valence-corrected chi connectivity index (χ0v) is 28.6. The second-order valence-electron chi connectivity index (χ2n) is 13.2. The van der Waals surface area contributed by atoms with Gasteiger partial charge in [-0.15, -0.1) is 11.3 Å². The Morgan fingerprint density at radius 3 is 2.52 bits per heavy atom. The maximum absolute atomic E-state index is 12.6. The van der Waals surface area contributed by atoms with Gasteiger partial charge in [-0.25, -0.2) is 9.97 Å². The van der Waals surface area contributed by atoms with Crippen LogP contribution in [0.1, 0.15) is 33.7 Å². The highest BCUT2D eigenvalue weighted by molar-refractivity contribution is 7.15. The van der Waals surface area contributed by atoms with Crippen LogP contribution in [-0.4, -0.2) is 75.4 Å². The van der Waals surface area contributed by atoms with Gasteiger partial charge in [-0.2, -0.15) is 0 Å². The Hall–Kier alpha value is -4.64. The third-order valence-corrected chi connectivity index (χ3v) is 10.7. The average Bonchev–Trinajstić information content (AvgIpc) is 3.78. The summed E-state index contributed by atoms with van der Waals surface area (Å²) in [5, 5.41) is 16.1. The number of likely N-dealkylation sites (tertiary alicyclic amines) is 1. The van der Waals surface area contributed by atoms with E-state index in [0.29, 0.717) is 32.6 Å². The second-order valence-corrected chi connectivity index (χ2v) is 14.3. The molecule has 2 aliphatic heterocycles. The molecule has 9 nitrogen and oxygen atoms in total. The van der Waals surface area contributed by atoms with Crippen molar-refractivity contribution in [1.82, 2.24) is 24.7 Å². The monoisotopic (exact) mass is 660 g/mol. The molecule has 1 saturated heterocycles. The summed E-state index contributed by atoms with van der Waals surface area (Å²) in [4.78, 5) is 40.9. The standard InChI is InChI=1S/C38H40N6O3S/c1-23-28(7-5-9-30(23)37-41-33-20-44(21-34(33)48-37)35(45)22-42(3)4)29-8-6-10-32(24(29)2)40-36-31-12-11-25(17-26(31)13-15-39-36)18-43-16-14-27(19-43)38(46)47/h5-13,15,17,27H,14,16,18-22H2,1-4H3,(H,39,40)(H,46,47)/t27-/m1/s1. The molecule has 3 aromatic carbocycles. The molecule has 246 valence electrons. The molecular weight excluding hydrogens is 621 g/mol. The van der Waals surface area contributed by atoms with E-state index in [1.807, 2.05) is 36.2 Å². The van der Waals surface area contributed by atoms with Gasteiger partial charge >= 0.3 is 5.97 Å². The van der Waals surface area contributed by atoms with E-state index in [4.69, 9.17) is 9.97 Å². The molecule has 2 aromatic heterocycles. The molecule has 0 spiro atoms. The number of benzene rings is 3. The van der Waals surface area contributed by atoms with Crippen LogP contribution in [0.15, 0.2) is 66.9 Å². The number of hydrogen-bond donors (Lipinski definition) is 2. The molecule has 7 rings (SSSR count). The van der Waals surface area contributed by atoms with Gasteiger partial charge in [0.2, 0.25) is 5.91 Å². The van der Waals surface area contributed by atoms with Crippen molar-refractivity contribution in [3.05, 3.63) is 94.1 Å². The number of thiazole rings is 1. The zero-order valence-electron chi connectivity index (χ0n) is 27.8. The van der Waals surface area contributed by atoms with Crippen molar-refractivity contribution < 1.29 is 14.7 Å². The lowest BCUT2D eigenvalue weighted by Gasteiger charge is -2.18. The molecule has 0 aliphatic carbocycles. The number of rotatable bonds is 9. The largest absolute Gasteiger partial charge is 0.481 e. The average molecular weight is 661 g/mol. The normalized spacial score (nSPS) is 16.2. The van der Waals surface area contributed by atoms with Crippen LogP contribution < -0.4 is 5.32 Å². The maximum Gasteiger partial charge on any atom is 0.307 e. The molecule has 2 aliphatic rings. The molecule has 1 fully saturated rings. The smallest absolute Gasteiger partial charge is 0.307 e. The lowest BCUT2D eigenvalue weighted by molar-refractivity contribution is -0.141. The van der Waals surface area contributed by atoms with Gasteiger partial charge < -0.3 is 20.2 Å². The lowest BCUT2D eigenvalue weighted by atomic mass is 9.93. The van der Waals surface area contributed by atoms with Gasteiger partial charge in [-0.05, 0) is 92.3 Å². The molecule has 0 bridgehead atoms. The van der Waals surface area contributed by atoms with Crippen molar-refractivity contribution in [3.63, 3.8) is 0 Å². The summed E-state index contributed by atoms with van der Waals surface area (Å²) in [6.45, 7) is 8.05. The third-order valence-electron chi connectivity index (χ3n) is 9.56. The van der Waals surface area contributed by atoms with Crippen LogP contribution in [0.25, 0.3) is 32.5 Å². The number of carbonyl (C=O) groups excluding carboxylic acids is 1. The number of likely N-dealkylation sites (N-methyl/N-ethyl adjacent to an activating group) is 1. The number of aliphatic carboxylic acids is 1. The minimum Gasteiger partial charge on any atom is -0.481 e. The predicted octanol–water partition coefficient (Wildman–Crippen LogP) is 6.70. The van der Waals surface area contributed by atoms with E-state index in [1.54, 1.807) is 11.3 Å². The highest BCUT2D eigenvalue weighted by Gasteiger charge is 2.29. The fourth-order valence-electron chi connectivity index (χ4n) is 6.91. The number of carbonyl (C=O) groups is 2. The van der Waals surface area contributed by atoms with Crippen molar-refractivity contribution in [2.45, 2.75) is 39.9 Å². The van der Waals surface area contributed by atoms with Gasteiger partial charge in [0.1, 0.15) is 10.8 Å². The number of carboxylic acid groups (broad SMARTS) is 1. The molecule has 4 heterocycles. The van der Waals surface area contributed by atoms with Crippen LogP contribution in [0.3, 0.4) is 0 Å². The topological polar surface area (TPSA) is 102 Å². The Kier molecular flexibility index (Phi) is 8.72. The minimum atomic E-state index is -0.704. The number of amides is 1. The fourth-order valence-corrected chi connectivity index (χ4v) is 8.08. The molecule has 0 saturated carbocycles. The lowest BCUT2D eigenvalue weighted by Crippen LogP contribution is -2.34. The number of nitrogens with zero attached hydrogens (tertiary/aromatic N) is 5. The van der Waals surface area contributed by atoms with Gasteiger partial charge in [0.25, 0.3) is 0 Å². The summed E-state index contributed by atoms with van der Waals surface area (Å²) in [5.41, 5.74) is 8.91. The Morgan fingerprint density at radius 1 is 1.00 bits per heavy atom. The van der Waals surface area contributed by atoms with Crippen molar-refractivity contribution in [2.75, 3.05) is 39.0 Å². The van der Waals surface area contributed by atoms with Crippen LogP contribution in [0.2, 0.25) is 0 Å². The van der Waals surface area contributed by atoms with Crippen LogP contribution >= 0.6 is 11.3 Å². The van der Waals surface area contributed by atoms with Gasteiger partial charge in [0.15, 0.2) is 0 Å². The van der Waals surface area contributed by atoms with Gasteiger partial charge in [0.05, 0.1) is 31.2 Å². The van der Waals surface area contributed by atoms with E-state index in [-0.39, 0.29) is 11.8 Å². The molecule has 48 heavy (non-hydrogen) atoms. The van der Waals surface area contributed by atoms with E-state index in [9.17, 15) is 14.7 Å². The van der Waals surface area contributed by atoms with Gasteiger partial charge in [-0.1, -0.05) is 42.5 Å². The zero-order chi connectivity index (χ0) is 33.5. The molecule has 2 N–H and O–H groups in total. The SMILES string of the molecule is Cc1c(Nc2nccc3cc(CN4CC[C@@H](C(=O)O)C4)ccc23)cccc1-c1cccc(-c2nc3c(s2)CN(C(=O)CN(C)C)C3)c1C. The molecule has 1 atom stereocenters. The molecule has 5 aromatic rings. The quantitative estimate of drug-likeness (QED) is 0.180. The van der Waals surface area contributed by atoms with Gasteiger partial charge in [-0.3, -0.25) is 14.5 Å². The van der Waals surface area contributed by atoms with E-state index in [1.165, 1.54) is 16.0 Å². The van der Waals surface area contributed by atoms with Crippen molar-refractivity contribution in [2.24, 2.45) is 5.92 Å². The molecule has 1 amide bonds.